The minimum Gasteiger partial charge on any atom is -0.495 e. The molecule has 5 heteroatoms. The molecule has 0 spiro atoms. The van der Waals surface area contributed by atoms with E-state index in [1.54, 1.807) is 12.1 Å². The lowest BCUT2D eigenvalue weighted by atomic mass is 10.2. The van der Waals surface area contributed by atoms with Crippen LogP contribution in [0, 0.1) is 0 Å². The van der Waals surface area contributed by atoms with E-state index in [4.69, 9.17) is 4.74 Å². The minimum atomic E-state index is -0.319. The van der Waals surface area contributed by atoms with Gasteiger partial charge in [0.1, 0.15) is 11.4 Å². The van der Waals surface area contributed by atoms with Crippen molar-refractivity contribution in [2.45, 2.75) is 12.8 Å². The second-order valence-corrected chi connectivity index (χ2v) is 3.08. The van der Waals surface area contributed by atoms with Crippen LogP contribution >= 0.6 is 0 Å². The highest BCUT2D eigenvalue weighted by Crippen LogP contribution is 2.17. The molecular formula is C11H13NO4. The number of pyridine rings is 1. The van der Waals surface area contributed by atoms with Gasteiger partial charge in [-0.2, -0.15) is 0 Å². The van der Waals surface area contributed by atoms with Crippen LogP contribution < -0.4 is 4.74 Å². The van der Waals surface area contributed by atoms with Crippen molar-refractivity contribution in [3.63, 3.8) is 0 Å². The zero-order valence-electron chi connectivity index (χ0n) is 9.23. The third-order valence-corrected chi connectivity index (χ3v) is 2.09. The molecule has 1 aromatic heterocycles. The van der Waals surface area contributed by atoms with E-state index < -0.39 is 0 Å². The van der Waals surface area contributed by atoms with Gasteiger partial charge in [0.25, 0.3) is 0 Å². The van der Waals surface area contributed by atoms with Crippen molar-refractivity contribution in [1.82, 2.24) is 4.98 Å². The maximum atomic E-state index is 11.0. The van der Waals surface area contributed by atoms with Gasteiger partial charge in [-0.05, 0) is 12.1 Å². The first-order valence-electron chi connectivity index (χ1n) is 4.77. The molecule has 0 fully saturated rings. The van der Waals surface area contributed by atoms with Gasteiger partial charge < -0.3 is 9.47 Å². The Labute approximate surface area is 93.4 Å². The summed E-state index contributed by atoms with van der Waals surface area (Å²) in [7, 11) is 2.84. The number of aromatic nitrogens is 1. The molecule has 1 aromatic rings. The number of ether oxygens (including phenoxy) is 2. The standard InChI is InChI=1S/C11H13NO4/c1-15-10-5-3-8(7-13)12-9(10)4-6-11(14)16-2/h3,5,7H,4,6H2,1-2H3. The van der Waals surface area contributed by atoms with Crippen molar-refractivity contribution < 1.29 is 19.1 Å². The van der Waals surface area contributed by atoms with Crippen molar-refractivity contribution >= 4 is 12.3 Å². The van der Waals surface area contributed by atoms with Crippen molar-refractivity contribution in [1.29, 1.82) is 0 Å². The maximum Gasteiger partial charge on any atom is 0.305 e. The predicted octanol–water partition coefficient (Wildman–Crippen LogP) is 1.01. The van der Waals surface area contributed by atoms with Crippen LogP contribution in [0.15, 0.2) is 12.1 Å². The number of methoxy groups -OCH3 is 2. The Morgan fingerprint density at radius 1 is 1.44 bits per heavy atom. The van der Waals surface area contributed by atoms with Crippen LogP contribution in [0.4, 0.5) is 0 Å². The number of rotatable bonds is 5. The third kappa shape index (κ3) is 3.05. The summed E-state index contributed by atoms with van der Waals surface area (Å²) in [5, 5.41) is 0. The first kappa shape index (κ1) is 12.2. The molecule has 5 nitrogen and oxygen atoms in total. The lowest BCUT2D eigenvalue weighted by Gasteiger charge is -2.07. The van der Waals surface area contributed by atoms with Crippen LogP contribution in [-0.2, 0) is 16.0 Å². The smallest absolute Gasteiger partial charge is 0.305 e. The second-order valence-electron chi connectivity index (χ2n) is 3.08. The topological polar surface area (TPSA) is 65.5 Å². The molecular weight excluding hydrogens is 210 g/mol. The normalized spacial score (nSPS) is 9.62. The highest BCUT2D eigenvalue weighted by atomic mass is 16.5. The number of carbonyl (C=O) groups excluding carboxylic acids is 2. The van der Waals surface area contributed by atoms with Crippen molar-refractivity contribution in [3.8, 4) is 5.75 Å². The summed E-state index contributed by atoms with van der Waals surface area (Å²) in [6, 6.07) is 3.22. The van der Waals surface area contributed by atoms with Crippen molar-refractivity contribution in [2.75, 3.05) is 14.2 Å². The van der Waals surface area contributed by atoms with E-state index >= 15 is 0 Å². The summed E-state index contributed by atoms with van der Waals surface area (Å²) in [6.45, 7) is 0. The second kappa shape index (κ2) is 5.85. The van der Waals surface area contributed by atoms with Gasteiger partial charge in [-0.1, -0.05) is 0 Å². The van der Waals surface area contributed by atoms with E-state index in [1.165, 1.54) is 14.2 Å². The molecule has 0 aromatic carbocycles. The van der Waals surface area contributed by atoms with Crippen LogP contribution in [0.25, 0.3) is 0 Å². The highest BCUT2D eigenvalue weighted by molar-refractivity contribution is 5.72. The molecule has 0 aliphatic carbocycles. The van der Waals surface area contributed by atoms with Gasteiger partial charge in [0.2, 0.25) is 0 Å². The molecule has 0 amide bonds. The first-order chi connectivity index (χ1) is 7.71. The number of aryl methyl sites for hydroxylation is 1. The van der Waals surface area contributed by atoms with E-state index in [2.05, 4.69) is 9.72 Å². The summed E-state index contributed by atoms with van der Waals surface area (Å²) in [4.78, 5) is 25.6. The van der Waals surface area contributed by atoms with E-state index in [0.29, 0.717) is 29.8 Å². The molecule has 0 radical (unpaired) electrons. The summed E-state index contributed by atoms with van der Waals surface area (Å²) < 4.78 is 9.61. The average molecular weight is 223 g/mol. The zero-order valence-corrected chi connectivity index (χ0v) is 9.23. The average Bonchev–Trinajstić information content (AvgIpc) is 2.35. The molecule has 0 atom stereocenters. The van der Waals surface area contributed by atoms with Crippen molar-refractivity contribution in [3.05, 3.63) is 23.5 Å². The fourth-order valence-electron chi connectivity index (χ4n) is 1.26. The summed E-state index contributed by atoms with van der Waals surface area (Å²) in [5.41, 5.74) is 0.901. The predicted molar refractivity (Wildman–Crippen MR) is 56.5 cm³/mol. The number of hydrogen-bond donors (Lipinski definition) is 0. The molecule has 0 saturated heterocycles. The minimum absolute atomic E-state index is 0.210. The van der Waals surface area contributed by atoms with Crippen LogP contribution in [0.2, 0.25) is 0 Å². The number of esters is 1. The lowest BCUT2D eigenvalue weighted by Crippen LogP contribution is -2.05. The fraction of sp³-hybridized carbons (Fsp3) is 0.364. The Hall–Kier alpha value is -1.91. The van der Waals surface area contributed by atoms with Crippen LogP contribution in [0.1, 0.15) is 22.6 Å². The van der Waals surface area contributed by atoms with Gasteiger partial charge in [-0.25, -0.2) is 4.98 Å². The maximum absolute atomic E-state index is 11.0. The van der Waals surface area contributed by atoms with E-state index in [9.17, 15) is 9.59 Å². The first-order valence-corrected chi connectivity index (χ1v) is 4.77. The van der Waals surface area contributed by atoms with E-state index in [0.717, 1.165) is 0 Å². The van der Waals surface area contributed by atoms with E-state index in [-0.39, 0.29) is 12.4 Å². The van der Waals surface area contributed by atoms with Crippen molar-refractivity contribution in [2.24, 2.45) is 0 Å². The number of carbonyl (C=O) groups is 2. The monoisotopic (exact) mass is 223 g/mol. The van der Waals surface area contributed by atoms with Gasteiger partial charge >= 0.3 is 5.97 Å². The third-order valence-electron chi connectivity index (χ3n) is 2.09. The number of hydrogen-bond acceptors (Lipinski definition) is 5. The van der Waals surface area contributed by atoms with Gasteiger partial charge in [-0.3, -0.25) is 9.59 Å². The van der Waals surface area contributed by atoms with Gasteiger partial charge in [0.05, 0.1) is 26.3 Å². The zero-order chi connectivity index (χ0) is 12.0. The molecule has 1 rings (SSSR count). The molecule has 0 aliphatic rings. The molecule has 1 heterocycles. The largest absolute Gasteiger partial charge is 0.495 e. The molecule has 0 unspecified atom stereocenters. The summed E-state index contributed by atoms with van der Waals surface area (Å²) in [6.07, 6.45) is 1.25. The SMILES string of the molecule is COC(=O)CCc1nc(C=O)ccc1OC. The Morgan fingerprint density at radius 2 is 2.19 bits per heavy atom. The molecule has 0 N–H and O–H groups in total. The Bertz CT molecular complexity index is 390. The van der Waals surface area contributed by atoms with Crippen LogP contribution in [0.3, 0.4) is 0 Å². The van der Waals surface area contributed by atoms with Gasteiger partial charge in [0, 0.05) is 6.42 Å². The fourth-order valence-corrected chi connectivity index (χ4v) is 1.26. The summed E-state index contributed by atoms with van der Waals surface area (Å²) >= 11 is 0. The van der Waals surface area contributed by atoms with Gasteiger partial charge in [0.15, 0.2) is 6.29 Å². The Balaban J connectivity index is 2.82. The molecule has 0 bridgehead atoms. The lowest BCUT2D eigenvalue weighted by molar-refractivity contribution is -0.140. The Kier molecular flexibility index (Phi) is 4.44. The Morgan fingerprint density at radius 3 is 2.75 bits per heavy atom. The van der Waals surface area contributed by atoms with E-state index in [1.807, 2.05) is 0 Å². The van der Waals surface area contributed by atoms with Gasteiger partial charge in [-0.15, -0.1) is 0 Å². The van der Waals surface area contributed by atoms with Crippen LogP contribution in [-0.4, -0.2) is 31.5 Å². The van der Waals surface area contributed by atoms with Crippen LogP contribution in [0.5, 0.6) is 5.75 Å². The number of aldehydes is 1. The quantitative estimate of drug-likeness (QED) is 0.550. The molecule has 0 saturated carbocycles. The summed E-state index contributed by atoms with van der Waals surface area (Å²) in [5.74, 6) is 0.245. The highest BCUT2D eigenvalue weighted by Gasteiger charge is 2.09. The molecule has 16 heavy (non-hydrogen) atoms. The molecule has 86 valence electrons. The number of nitrogens with zero attached hydrogens (tertiary/aromatic N) is 1. The molecule has 0 aliphatic heterocycles.